The number of nitrogens with one attached hydrogen (secondary N) is 1. The first-order valence-corrected chi connectivity index (χ1v) is 11.6. The zero-order valence-corrected chi connectivity index (χ0v) is 18.6. The van der Waals surface area contributed by atoms with Crippen LogP contribution in [0, 0.1) is 12.8 Å². The number of aryl methyl sites for hydroxylation is 1. The van der Waals surface area contributed by atoms with Crippen LogP contribution < -0.4 is 5.32 Å². The minimum atomic E-state index is -0.859. The van der Waals surface area contributed by atoms with Crippen LogP contribution in [0.3, 0.4) is 0 Å². The summed E-state index contributed by atoms with van der Waals surface area (Å²) in [4.78, 5) is 42.5. The molecule has 3 fully saturated rings. The number of ether oxygens (including phenoxy) is 1. The van der Waals surface area contributed by atoms with Crippen molar-refractivity contribution in [2.24, 2.45) is 5.92 Å². The number of carbonyl (C=O) groups excluding carboxylic acids is 3. The van der Waals surface area contributed by atoms with Gasteiger partial charge in [-0.1, -0.05) is 31.5 Å². The van der Waals surface area contributed by atoms with Crippen molar-refractivity contribution in [2.75, 3.05) is 26.2 Å². The molecule has 1 aromatic rings. The van der Waals surface area contributed by atoms with Gasteiger partial charge in [-0.25, -0.2) is 4.79 Å². The lowest BCUT2D eigenvalue weighted by atomic mass is 9.74. The normalized spacial score (nSPS) is 27.1. The van der Waals surface area contributed by atoms with Crippen LogP contribution in [0.4, 0.5) is 4.79 Å². The van der Waals surface area contributed by atoms with Crippen molar-refractivity contribution in [1.82, 2.24) is 15.1 Å². The summed E-state index contributed by atoms with van der Waals surface area (Å²) in [5.41, 5.74) is 0.847. The molecule has 0 radical (unpaired) electrons. The molecule has 168 valence electrons. The average Bonchev–Trinajstić information content (AvgIpc) is 3.37. The smallest absolute Gasteiger partial charge is 0.325 e. The molecule has 0 aromatic heterocycles. The number of urea groups is 1. The van der Waals surface area contributed by atoms with Crippen molar-refractivity contribution in [2.45, 2.75) is 64.0 Å². The Morgan fingerprint density at radius 1 is 1.19 bits per heavy atom. The fraction of sp³-hybridized carbons (Fsp3) is 0.625. The predicted molar refractivity (Wildman–Crippen MR) is 117 cm³/mol. The SMILES string of the molecule is CCCC1(C2CCN(C(=O)c3ccccc3C)CC2)NC(=O)N(CC2CCCO2)C1=O. The lowest BCUT2D eigenvalue weighted by Gasteiger charge is -2.41. The maximum atomic E-state index is 13.5. The van der Waals surface area contributed by atoms with Crippen LogP contribution in [0.15, 0.2) is 24.3 Å². The highest BCUT2D eigenvalue weighted by Gasteiger charge is 2.55. The number of piperidine rings is 1. The largest absolute Gasteiger partial charge is 0.376 e. The molecule has 4 rings (SSSR count). The molecule has 3 aliphatic heterocycles. The van der Waals surface area contributed by atoms with Gasteiger partial charge >= 0.3 is 6.03 Å². The fourth-order valence-corrected chi connectivity index (χ4v) is 5.41. The second-order valence-electron chi connectivity index (χ2n) is 9.08. The molecule has 3 aliphatic rings. The van der Waals surface area contributed by atoms with Gasteiger partial charge in [-0.3, -0.25) is 14.5 Å². The topological polar surface area (TPSA) is 79.0 Å². The Bertz CT molecular complexity index is 843. The first-order valence-electron chi connectivity index (χ1n) is 11.6. The predicted octanol–water partition coefficient (Wildman–Crippen LogP) is 3.12. The maximum absolute atomic E-state index is 13.5. The minimum absolute atomic E-state index is 0.0271. The lowest BCUT2D eigenvalue weighted by Crippen LogP contribution is -2.56. The molecule has 0 saturated carbocycles. The average molecular weight is 428 g/mol. The molecule has 2 atom stereocenters. The molecule has 1 N–H and O–H groups in total. The number of amides is 4. The van der Waals surface area contributed by atoms with E-state index in [2.05, 4.69) is 5.32 Å². The van der Waals surface area contributed by atoms with E-state index in [-0.39, 0.29) is 29.9 Å². The van der Waals surface area contributed by atoms with Crippen molar-refractivity contribution < 1.29 is 19.1 Å². The number of nitrogens with zero attached hydrogens (tertiary/aromatic N) is 2. The van der Waals surface area contributed by atoms with E-state index in [1.165, 1.54) is 4.90 Å². The summed E-state index contributed by atoms with van der Waals surface area (Å²) in [7, 11) is 0. The molecule has 1 aromatic carbocycles. The van der Waals surface area contributed by atoms with E-state index < -0.39 is 5.54 Å². The van der Waals surface area contributed by atoms with E-state index in [4.69, 9.17) is 4.74 Å². The Balaban J connectivity index is 1.46. The number of rotatable bonds is 6. The van der Waals surface area contributed by atoms with Crippen molar-refractivity contribution in [3.63, 3.8) is 0 Å². The van der Waals surface area contributed by atoms with Crippen molar-refractivity contribution in [1.29, 1.82) is 0 Å². The second kappa shape index (κ2) is 8.99. The minimum Gasteiger partial charge on any atom is -0.376 e. The fourth-order valence-electron chi connectivity index (χ4n) is 5.41. The molecule has 4 amide bonds. The zero-order valence-electron chi connectivity index (χ0n) is 18.6. The molecule has 0 aliphatic carbocycles. The second-order valence-corrected chi connectivity index (χ2v) is 9.08. The van der Waals surface area contributed by atoms with E-state index in [9.17, 15) is 14.4 Å². The summed E-state index contributed by atoms with van der Waals surface area (Å²) in [6.45, 7) is 6.21. The van der Waals surface area contributed by atoms with Crippen LogP contribution in [0.1, 0.15) is 61.4 Å². The molecular formula is C24H33N3O4. The summed E-state index contributed by atoms with van der Waals surface area (Å²) >= 11 is 0. The molecular weight excluding hydrogens is 394 g/mol. The third kappa shape index (κ3) is 4.07. The van der Waals surface area contributed by atoms with Crippen LogP contribution in [0.5, 0.6) is 0 Å². The van der Waals surface area contributed by atoms with Gasteiger partial charge in [0, 0.05) is 25.3 Å². The maximum Gasteiger partial charge on any atom is 0.325 e. The summed E-state index contributed by atoms with van der Waals surface area (Å²) in [6, 6.07) is 7.34. The molecule has 0 bridgehead atoms. The van der Waals surface area contributed by atoms with Gasteiger partial charge in [-0.05, 0) is 56.6 Å². The monoisotopic (exact) mass is 427 g/mol. The molecule has 7 heteroatoms. The van der Waals surface area contributed by atoms with Gasteiger partial charge in [0.1, 0.15) is 5.54 Å². The Morgan fingerprint density at radius 3 is 2.58 bits per heavy atom. The van der Waals surface area contributed by atoms with Crippen molar-refractivity contribution in [3.8, 4) is 0 Å². The number of imide groups is 1. The van der Waals surface area contributed by atoms with Gasteiger partial charge in [0.25, 0.3) is 11.8 Å². The third-order valence-electron chi connectivity index (χ3n) is 7.11. The summed E-state index contributed by atoms with van der Waals surface area (Å²) in [5, 5.41) is 3.08. The standard InChI is InChI=1S/C24H33N3O4/c1-3-12-24(22(29)27(23(30)25-24)16-19-8-6-15-31-19)18-10-13-26(14-11-18)21(28)20-9-5-4-7-17(20)2/h4-5,7,9,18-19H,3,6,8,10-16H2,1-2H3,(H,25,30). The third-order valence-corrected chi connectivity index (χ3v) is 7.11. The van der Waals surface area contributed by atoms with Crippen LogP contribution in [-0.4, -0.2) is 65.5 Å². The number of benzene rings is 1. The lowest BCUT2D eigenvalue weighted by molar-refractivity contribution is -0.135. The van der Waals surface area contributed by atoms with Gasteiger partial charge in [0.05, 0.1) is 12.6 Å². The van der Waals surface area contributed by atoms with Gasteiger partial charge in [-0.2, -0.15) is 0 Å². The van der Waals surface area contributed by atoms with E-state index >= 15 is 0 Å². The number of hydrogen-bond acceptors (Lipinski definition) is 4. The molecule has 7 nitrogen and oxygen atoms in total. The van der Waals surface area contributed by atoms with Crippen LogP contribution >= 0.6 is 0 Å². The zero-order chi connectivity index (χ0) is 22.0. The van der Waals surface area contributed by atoms with Gasteiger partial charge < -0.3 is 15.0 Å². The number of likely N-dealkylation sites (tertiary alicyclic amines) is 1. The highest BCUT2D eigenvalue weighted by molar-refractivity contribution is 6.07. The Kier molecular flexibility index (Phi) is 6.32. The first-order chi connectivity index (χ1) is 15.0. The molecule has 2 unspecified atom stereocenters. The quantitative estimate of drug-likeness (QED) is 0.708. The highest BCUT2D eigenvalue weighted by Crippen LogP contribution is 2.37. The molecule has 0 spiro atoms. The summed E-state index contributed by atoms with van der Waals surface area (Å²) in [5.74, 6) is -0.0410. The van der Waals surface area contributed by atoms with E-state index in [1.807, 2.05) is 43.0 Å². The van der Waals surface area contributed by atoms with Crippen LogP contribution in [0.2, 0.25) is 0 Å². The van der Waals surface area contributed by atoms with Gasteiger partial charge in [0.2, 0.25) is 0 Å². The Labute approximate surface area is 184 Å². The van der Waals surface area contributed by atoms with Gasteiger partial charge in [-0.15, -0.1) is 0 Å². The molecule has 3 heterocycles. The van der Waals surface area contributed by atoms with Gasteiger partial charge in [0.15, 0.2) is 0 Å². The summed E-state index contributed by atoms with van der Waals surface area (Å²) < 4.78 is 5.66. The molecule has 3 saturated heterocycles. The van der Waals surface area contributed by atoms with Crippen LogP contribution in [-0.2, 0) is 9.53 Å². The Morgan fingerprint density at radius 2 is 1.94 bits per heavy atom. The van der Waals surface area contributed by atoms with E-state index in [0.29, 0.717) is 45.5 Å². The molecule has 31 heavy (non-hydrogen) atoms. The number of carbonyl (C=O) groups is 3. The van der Waals surface area contributed by atoms with Crippen molar-refractivity contribution in [3.05, 3.63) is 35.4 Å². The van der Waals surface area contributed by atoms with E-state index in [1.54, 1.807) is 0 Å². The van der Waals surface area contributed by atoms with E-state index in [0.717, 1.165) is 30.4 Å². The Hall–Kier alpha value is -2.41. The number of hydrogen-bond donors (Lipinski definition) is 1. The van der Waals surface area contributed by atoms with Crippen LogP contribution in [0.25, 0.3) is 0 Å². The highest BCUT2D eigenvalue weighted by atomic mass is 16.5. The summed E-state index contributed by atoms with van der Waals surface area (Å²) in [6.07, 6.45) is 4.65. The first kappa shape index (κ1) is 21.8. The van der Waals surface area contributed by atoms with Crippen molar-refractivity contribution >= 4 is 17.8 Å².